The third-order valence-corrected chi connectivity index (χ3v) is 3.34. The predicted octanol–water partition coefficient (Wildman–Crippen LogP) is 1.96. The van der Waals surface area contributed by atoms with Gasteiger partial charge in [0.2, 0.25) is 6.10 Å². The van der Waals surface area contributed by atoms with Gasteiger partial charge >= 0.3 is 12.1 Å². The Morgan fingerprint density at radius 2 is 2.15 bits per heavy atom. The van der Waals surface area contributed by atoms with Gasteiger partial charge < -0.3 is 4.74 Å². The number of hydrogen-bond acceptors (Lipinski definition) is 3. The Kier molecular flexibility index (Phi) is 4.04. The van der Waals surface area contributed by atoms with Crippen LogP contribution in [-0.2, 0) is 14.4 Å². The molecule has 110 valence electrons. The number of quaternary nitrogens is 1. The topological polar surface area (TPSA) is 63.2 Å². The van der Waals surface area contributed by atoms with Crippen LogP contribution in [0.1, 0.15) is 6.42 Å². The Labute approximate surface area is 121 Å². The second kappa shape index (κ2) is 5.31. The van der Waals surface area contributed by atoms with Crippen LogP contribution in [0.3, 0.4) is 0 Å². The summed E-state index contributed by atoms with van der Waals surface area (Å²) in [5.74, 6) is 1.49. The van der Waals surface area contributed by atoms with Crippen LogP contribution in [0.2, 0.25) is 0 Å². The zero-order valence-electron chi connectivity index (χ0n) is 9.84. The molecular weight excluding hydrogens is 322 g/mol. The standard InChI is InChI=1S/C11H9Cl2F3NO3/c12-5-1-4-2-6(10(18)20-17)9(11(14,15)16)19-8(4)7(13)3-5/h2-3,5,9H,1H2,17H3/q+1. The van der Waals surface area contributed by atoms with Crippen molar-refractivity contribution in [2.45, 2.75) is 24.1 Å². The molecule has 0 fully saturated rings. The second-order valence-electron chi connectivity index (χ2n) is 4.16. The van der Waals surface area contributed by atoms with Crippen LogP contribution in [0.5, 0.6) is 0 Å². The molecule has 1 heterocycles. The summed E-state index contributed by atoms with van der Waals surface area (Å²) in [6.45, 7) is 0. The van der Waals surface area contributed by atoms with Crippen molar-refractivity contribution in [1.82, 2.24) is 0 Å². The average Bonchev–Trinajstić information content (AvgIpc) is 2.35. The summed E-state index contributed by atoms with van der Waals surface area (Å²) in [7, 11) is 0. The van der Waals surface area contributed by atoms with Crippen LogP contribution in [0, 0.1) is 0 Å². The monoisotopic (exact) mass is 330 g/mol. The number of carbonyl (C=O) groups excluding carboxylic acids is 1. The molecule has 0 saturated carbocycles. The van der Waals surface area contributed by atoms with Crippen LogP contribution in [0.25, 0.3) is 0 Å². The summed E-state index contributed by atoms with van der Waals surface area (Å²) in [5.41, 5.74) is -0.361. The van der Waals surface area contributed by atoms with E-state index in [1.807, 2.05) is 0 Å². The molecule has 0 radical (unpaired) electrons. The third kappa shape index (κ3) is 2.79. The van der Waals surface area contributed by atoms with Gasteiger partial charge in [0.1, 0.15) is 5.76 Å². The first kappa shape index (κ1) is 15.2. The van der Waals surface area contributed by atoms with E-state index < -0.39 is 29.2 Å². The van der Waals surface area contributed by atoms with Crippen LogP contribution >= 0.6 is 23.2 Å². The average molecular weight is 331 g/mol. The maximum absolute atomic E-state index is 12.9. The van der Waals surface area contributed by atoms with E-state index in [0.29, 0.717) is 5.57 Å². The van der Waals surface area contributed by atoms with Crippen LogP contribution in [-0.4, -0.2) is 23.6 Å². The van der Waals surface area contributed by atoms with E-state index >= 15 is 0 Å². The first-order valence-electron chi connectivity index (χ1n) is 5.40. The molecule has 2 rings (SSSR count). The number of ether oxygens (including phenoxy) is 1. The highest BCUT2D eigenvalue weighted by Gasteiger charge is 2.50. The molecule has 2 unspecified atom stereocenters. The van der Waals surface area contributed by atoms with Gasteiger partial charge in [-0.2, -0.15) is 19.1 Å². The first-order chi connectivity index (χ1) is 9.24. The fourth-order valence-electron chi connectivity index (χ4n) is 1.94. The van der Waals surface area contributed by atoms with Gasteiger partial charge in [0.25, 0.3) is 0 Å². The number of halogens is 5. The maximum atomic E-state index is 12.9. The van der Waals surface area contributed by atoms with Gasteiger partial charge in [-0.1, -0.05) is 11.6 Å². The molecule has 0 saturated heterocycles. The highest BCUT2D eigenvalue weighted by Crippen LogP contribution is 2.41. The van der Waals surface area contributed by atoms with Crippen molar-refractivity contribution in [3.05, 3.63) is 34.1 Å². The Morgan fingerprint density at radius 3 is 2.70 bits per heavy atom. The molecule has 4 nitrogen and oxygen atoms in total. The van der Waals surface area contributed by atoms with Crippen molar-refractivity contribution < 1.29 is 33.4 Å². The first-order valence-corrected chi connectivity index (χ1v) is 6.21. The molecule has 0 amide bonds. The quantitative estimate of drug-likeness (QED) is 0.590. The van der Waals surface area contributed by atoms with Crippen molar-refractivity contribution in [3.63, 3.8) is 0 Å². The van der Waals surface area contributed by atoms with Crippen molar-refractivity contribution in [1.29, 1.82) is 0 Å². The number of alkyl halides is 4. The van der Waals surface area contributed by atoms with E-state index in [4.69, 9.17) is 27.9 Å². The Hall–Kier alpha value is -1.18. The van der Waals surface area contributed by atoms with Gasteiger partial charge in [0.05, 0.1) is 16.0 Å². The van der Waals surface area contributed by atoms with Gasteiger partial charge in [-0.15, -0.1) is 11.6 Å². The summed E-state index contributed by atoms with van der Waals surface area (Å²) < 4.78 is 43.7. The minimum atomic E-state index is -4.78. The Bertz CT molecular complexity index is 540. The minimum Gasteiger partial charge on any atom is -0.474 e. The smallest absolute Gasteiger partial charge is 0.430 e. The lowest BCUT2D eigenvalue weighted by Gasteiger charge is -2.31. The molecule has 20 heavy (non-hydrogen) atoms. The van der Waals surface area contributed by atoms with Crippen molar-refractivity contribution in [2.24, 2.45) is 0 Å². The third-order valence-electron chi connectivity index (χ3n) is 2.76. The lowest BCUT2D eigenvalue weighted by molar-refractivity contribution is -0.656. The van der Waals surface area contributed by atoms with Crippen LogP contribution in [0.15, 0.2) is 34.1 Å². The molecule has 0 spiro atoms. The number of carbonyl (C=O) groups is 1. The normalized spacial score (nSPS) is 26.3. The highest BCUT2D eigenvalue weighted by atomic mass is 35.5. The van der Waals surface area contributed by atoms with E-state index in [1.54, 1.807) is 0 Å². The van der Waals surface area contributed by atoms with Crippen LogP contribution < -0.4 is 5.90 Å². The molecule has 0 aromatic carbocycles. The van der Waals surface area contributed by atoms with Crippen molar-refractivity contribution in [3.8, 4) is 0 Å². The largest absolute Gasteiger partial charge is 0.474 e. The molecule has 2 aliphatic rings. The van der Waals surface area contributed by atoms with Crippen molar-refractivity contribution >= 4 is 29.2 Å². The van der Waals surface area contributed by atoms with Crippen molar-refractivity contribution in [2.75, 3.05) is 0 Å². The molecule has 2 atom stereocenters. The Balaban J connectivity index is 2.47. The Morgan fingerprint density at radius 1 is 1.50 bits per heavy atom. The molecule has 1 aliphatic carbocycles. The SMILES string of the molecule is [NH3+]OC(=O)C1=CC2=C(OC1C(F)(F)F)C(Cl)=CC(Cl)C2. The minimum absolute atomic E-state index is 0.0150. The van der Waals surface area contributed by atoms with E-state index in [-0.39, 0.29) is 17.2 Å². The lowest BCUT2D eigenvalue weighted by atomic mass is 9.95. The van der Waals surface area contributed by atoms with E-state index in [9.17, 15) is 18.0 Å². The summed E-state index contributed by atoms with van der Waals surface area (Å²) in [5, 5.41) is -0.501. The van der Waals surface area contributed by atoms with Gasteiger partial charge in [-0.05, 0) is 24.1 Å². The molecular formula is C11H9Cl2F3NO3+. The lowest BCUT2D eigenvalue weighted by Crippen LogP contribution is -2.53. The van der Waals surface area contributed by atoms with E-state index in [2.05, 4.69) is 10.7 Å². The molecule has 1 aliphatic heterocycles. The molecule has 0 aromatic rings. The van der Waals surface area contributed by atoms with Gasteiger partial charge in [-0.25, -0.2) is 4.79 Å². The van der Waals surface area contributed by atoms with Crippen LogP contribution in [0.4, 0.5) is 13.2 Å². The predicted molar refractivity (Wildman–Crippen MR) is 63.2 cm³/mol. The fourth-order valence-corrected chi connectivity index (χ4v) is 2.62. The van der Waals surface area contributed by atoms with E-state index in [0.717, 1.165) is 6.08 Å². The summed E-state index contributed by atoms with van der Waals surface area (Å²) in [4.78, 5) is 15.5. The van der Waals surface area contributed by atoms with Gasteiger partial charge in [0, 0.05) is 0 Å². The molecule has 3 N–H and O–H groups in total. The summed E-state index contributed by atoms with van der Waals surface area (Å²) in [6.07, 6.45) is -4.59. The molecule has 0 aromatic heterocycles. The number of allylic oxidation sites excluding steroid dienone is 4. The molecule has 9 heteroatoms. The number of rotatable bonds is 1. The summed E-state index contributed by atoms with van der Waals surface area (Å²) >= 11 is 11.7. The maximum Gasteiger partial charge on any atom is 0.430 e. The summed E-state index contributed by atoms with van der Waals surface area (Å²) in [6, 6.07) is 0. The van der Waals surface area contributed by atoms with Gasteiger partial charge in [-0.3, -0.25) is 4.84 Å². The van der Waals surface area contributed by atoms with E-state index in [1.165, 1.54) is 6.08 Å². The van der Waals surface area contributed by atoms with Gasteiger partial charge in [0.15, 0.2) is 0 Å². The zero-order chi connectivity index (χ0) is 15.1. The fraction of sp³-hybridized carbons (Fsp3) is 0.364. The molecule has 0 bridgehead atoms. The second-order valence-corrected chi connectivity index (χ2v) is 5.13. The zero-order valence-corrected chi connectivity index (χ0v) is 11.4. The number of hydrogen-bond donors (Lipinski definition) is 1. The highest BCUT2D eigenvalue weighted by molar-refractivity contribution is 6.33.